The standard InChI is InChI=1S/C25H21N/c1-20-9-8-10-22(19-20)21-15-17-25(18-16-21)26(23-11-4-2-5-12-23)24-13-6-3-7-14-24/h2-19H,1H3. The van der Waals surface area contributed by atoms with Gasteiger partial charge in [0.25, 0.3) is 0 Å². The molecule has 0 amide bonds. The maximum absolute atomic E-state index is 2.28. The van der Waals surface area contributed by atoms with E-state index in [1.165, 1.54) is 16.7 Å². The summed E-state index contributed by atoms with van der Waals surface area (Å²) in [6, 6.07) is 38.4. The van der Waals surface area contributed by atoms with Crippen molar-refractivity contribution < 1.29 is 0 Å². The van der Waals surface area contributed by atoms with Crippen LogP contribution >= 0.6 is 0 Å². The lowest BCUT2D eigenvalue weighted by molar-refractivity contribution is 1.28. The summed E-state index contributed by atoms with van der Waals surface area (Å²) in [5.41, 5.74) is 7.23. The smallest absolute Gasteiger partial charge is 0.0462 e. The van der Waals surface area contributed by atoms with Gasteiger partial charge in [-0.25, -0.2) is 0 Å². The molecule has 4 rings (SSSR count). The second-order valence-corrected chi connectivity index (χ2v) is 6.42. The SMILES string of the molecule is Cc1cccc(-c2ccc(N(c3ccccc3)c3ccccc3)cc2)c1. The Hall–Kier alpha value is -3.32. The van der Waals surface area contributed by atoms with E-state index >= 15 is 0 Å². The number of rotatable bonds is 4. The van der Waals surface area contributed by atoms with E-state index < -0.39 is 0 Å². The van der Waals surface area contributed by atoms with Crippen LogP contribution in [0.2, 0.25) is 0 Å². The zero-order chi connectivity index (χ0) is 17.8. The molecule has 4 aromatic carbocycles. The number of para-hydroxylation sites is 2. The van der Waals surface area contributed by atoms with Gasteiger partial charge in [-0.15, -0.1) is 0 Å². The van der Waals surface area contributed by atoms with Crippen molar-refractivity contribution in [3.8, 4) is 11.1 Å². The second kappa shape index (κ2) is 7.28. The molecule has 0 heterocycles. The third-order valence-corrected chi connectivity index (χ3v) is 4.51. The van der Waals surface area contributed by atoms with Crippen molar-refractivity contribution in [2.75, 3.05) is 4.90 Å². The third-order valence-electron chi connectivity index (χ3n) is 4.51. The first-order valence-corrected chi connectivity index (χ1v) is 8.88. The molecule has 0 spiro atoms. The van der Waals surface area contributed by atoms with E-state index in [1.807, 2.05) is 12.1 Å². The van der Waals surface area contributed by atoms with Gasteiger partial charge in [0.2, 0.25) is 0 Å². The Morgan fingerprint density at radius 3 is 1.54 bits per heavy atom. The first kappa shape index (κ1) is 16.2. The number of hydrogen-bond donors (Lipinski definition) is 0. The summed E-state index contributed by atoms with van der Waals surface area (Å²) < 4.78 is 0. The monoisotopic (exact) mass is 335 g/mol. The third kappa shape index (κ3) is 3.38. The zero-order valence-corrected chi connectivity index (χ0v) is 14.8. The molecule has 0 aromatic heterocycles. The maximum Gasteiger partial charge on any atom is 0.0462 e. The summed E-state index contributed by atoms with van der Waals surface area (Å²) in [4.78, 5) is 2.28. The summed E-state index contributed by atoms with van der Waals surface area (Å²) in [6.45, 7) is 2.13. The molecule has 0 fully saturated rings. The van der Waals surface area contributed by atoms with E-state index in [2.05, 4.69) is 109 Å². The molecule has 0 saturated carbocycles. The second-order valence-electron chi connectivity index (χ2n) is 6.42. The number of anilines is 3. The van der Waals surface area contributed by atoms with Crippen molar-refractivity contribution in [1.29, 1.82) is 0 Å². The van der Waals surface area contributed by atoms with Gasteiger partial charge < -0.3 is 4.90 Å². The topological polar surface area (TPSA) is 3.24 Å². The van der Waals surface area contributed by atoms with Crippen molar-refractivity contribution in [1.82, 2.24) is 0 Å². The van der Waals surface area contributed by atoms with Crippen LogP contribution in [-0.2, 0) is 0 Å². The molecule has 1 heteroatoms. The molecule has 26 heavy (non-hydrogen) atoms. The summed E-state index contributed by atoms with van der Waals surface area (Å²) in [5, 5.41) is 0. The summed E-state index contributed by atoms with van der Waals surface area (Å²) in [6.07, 6.45) is 0. The molecule has 0 atom stereocenters. The lowest BCUT2D eigenvalue weighted by Gasteiger charge is -2.25. The number of benzene rings is 4. The van der Waals surface area contributed by atoms with Crippen LogP contribution in [0.3, 0.4) is 0 Å². The first-order valence-electron chi connectivity index (χ1n) is 8.88. The summed E-state index contributed by atoms with van der Waals surface area (Å²) in [7, 11) is 0. The van der Waals surface area contributed by atoms with E-state index in [1.54, 1.807) is 0 Å². The van der Waals surface area contributed by atoms with Crippen molar-refractivity contribution in [2.24, 2.45) is 0 Å². The molecule has 4 aromatic rings. The average Bonchev–Trinajstić information content (AvgIpc) is 2.70. The Bertz CT molecular complexity index is 934. The van der Waals surface area contributed by atoms with Gasteiger partial charge in [-0.2, -0.15) is 0 Å². The molecule has 0 saturated heterocycles. The molecule has 0 bridgehead atoms. The highest BCUT2D eigenvalue weighted by molar-refractivity contribution is 5.78. The molecule has 0 unspecified atom stereocenters. The van der Waals surface area contributed by atoms with E-state index in [0.717, 1.165) is 17.1 Å². The van der Waals surface area contributed by atoms with Gasteiger partial charge in [-0.3, -0.25) is 0 Å². The summed E-state index contributed by atoms with van der Waals surface area (Å²) >= 11 is 0. The van der Waals surface area contributed by atoms with Gasteiger partial charge in [-0.05, 0) is 54.4 Å². The largest absolute Gasteiger partial charge is 0.311 e. The van der Waals surface area contributed by atoms with Gasteiger partial charge >= 0.3 is 0 Å². The minimum atomic E-state index is 1.15. The highest BCUT2D eigenvalue weighted by Crippen LogP contribution is 2.35. The Kier molecular flexibility index (Phi) is 4.53. The maximum atomic E-state index is 2.28. The Balaban J connectivity index is 1.75. The fraction of sp³-hybridized carbons (Fsp3) is 0.0400. The van der Waals surface area contributed by atoms with Gasteiger partial charge in [-0.1, -0.05) is 78.4 Å². The average molecular weight is 335 g/mol. The molecule has 126 valence electrons. The van der Waals surface area contributed by atoms with Crippen LogP contribution < -0.4 is 4.90 Å². The van der Waals surface area contributed by atoms with E-state index in [-0.39, 0.29) is 0 Å². The minimum absolute atomic E-state index is 1.15. The van der Waals surface area contributed by atoms with Crippen LogP contribution in [-0.4, -0.2) is 0 Å². The van der Waals surface area contributed by atoms with Crippen molar-refractivity contribution in [3.63, 3.8) is 0 Å². The van der Waals surface area contributed by atoms with Gasteiger partial charge in [0.1, 0.15) is 0 Å². The molecule has 0 aliphatic rings. The minimum Gasteiger partial charge on any atom is -0.311 e. The van der Waals surface area contributed by atoms with Crippen molar-refractivity contribution in [3.05, 3.63) is 115 Å². The van der Waals surface area contributed by atoms with Crippen molar-refractivity contribution in [2.45, 2.75) is 6.92 Å². The quantitative estimate of drug-likeness (QED) is 0.383. The van der Waals surface area contributed by atoms with Crippen LogP contribution in [0.15, 0.2) is 109 Å². The van der Waals surface area contributed by atoms with E-state index in [0.29, 0.717) is 0 Å². The summed E-state index contributed by atoms with van der Waals surface area (Å²) in [5.74, 6) is 0. The van der Waals surface area contributed by atoms with E-state index in [9.17, 15) is 0 Å². The zero-order valence-electron chi connectivity index (χ0n) is 14.8. The van der Waals surface area contributed by atoms with Crippen LogP contribution in [0.1, 0.15) is 5.56 Å². The lowest BCUT2D eigenvalue weighted by Crippen LogP contribution is -2.09. The predicted octanol–water partition coefficient (Wildman–Crippen LogP) is 7.13. The van der Waals surface area contributed by atoms with Crippen LogP contribution in [0.25, 0.3) is 11.1 Å². The number of hydrogen-bond acceptors (Lipinski definition) is 1. The van der Waals surface area contributed by atoms with Crippen LogP contribution in [0, 0.1) is 6.92 Å². The predicted molar refractivity (Wildman–Crippen MR) is 111 cm³/mol. The van der Waals surface area contributed by atoms with E-state index in [4.69, 9.17) is 0 Å². The molecule has 0 aliphatic heterocycles. The fourth-order valence-electron chi connectivity index (χ4n) is 3.23. The first-order chi connectivity index (χ1) is 12.8. The Labute approximate surface area is 155 Å². The molecule has 0 N–H and O–H groups in total. The fourth-order valence-corrected chi connectivity index (χ4v) is 3.23. The normalized spacial score (nSPS) is 10.5. The van der Waals surface area contributed by atoms with Crippen molar-refractivity contribution >= 4 is 17.1 Å². The molecule has 0 aliphatic carbocycles. The van der Waals surface area contributed by atoms with Gasteiger partial charge in [0.05, 0.1) is 0 Å². The van der Waals surface area contributed by atoms with Crippen LogP contribution in [0.5, 0.6) is 0 Å². The molecular formula is C25H21N. The van der Waals surface area contributed by atoms with Crippen LogP contribution in [0.4, 0.5) is 17.1 Å². The van der Waals surface area contributed by atoms with Gasteiger partial charge in [0, 0.05) is 17.1 Å². The molecule has 0 radical (unpaired) electrons. The highest BCUT2D eigenvalue weighted by Gasteiger charge is 2.11. The number of aryl methyl sites for hydroxylation is 1. The Morgan fingerprint density at radius 1 is 0.462 bits per heavy atom. The molecular weight excluding hydrogens is 314 g/mol. The lowest BCUT2D eigenvalue weighted by atomic mass is 10.0. The number of nitrogens with zero attached hydrogens (tertiary/aromatic N) is 1. The Morgan fingerprint density at radius 2 is 1.00 bits per heavy atom. The van der Waals surface area contributed by atoms with Gasteiger partial charge in [0.15, 0.2) is 0 Å². The highest BCUT2D eigenvalue weighted by atomic mass is 15.1. The molecule has 1 nitrogen and oxygen atoms in total.